The van der Waals surface area contributed by atoms with Gasteiger partial charge in [0.1, 0.15) is 0 Å². The summed E-state index contributed by atoms with van der Waals surface area (Å²) in [6.07, 6.45) is 0.394. The van der Waals surface area contributed by atoms with Crippen LogP contribution in [-0.2, 0) is 16.0 Å². The molecule has 5 nitrogen and oxygen atoms in total. The van der Waals surface area contributed by atoms with Crippen molar-refractivity contribution >= 4 is 32.6 Å². The molecule has 0 spiro atoms. The van der Waals surface area contributed by atoms with Gasteiger partial charge in [0.15, 0.2) is 5.13 Å². The van der Waals surface area contributed by atoms with Crippen LogP contribution in [0.2, 0.25) is 0 Å². The van der Waals surface area contributed by atoms with Gasteiger partial charge in [0.2, 0.25) is 5.91 Å². The van der Waals surface area contributed by atoms with E-state index in [9.17, 15) is 4.79 Å². The van der Waals surface area contributed by atoms with Gasteiger partial charge in [-0.1, -0.05) is 47.2 Å². The molecule has 1 aliphatic rings. The molecule has 0 bridgehead atoms. The van der Waals surface area contributed by atoms with Crippen LogP contribution in [0.1, 0.15) is 16.7 Å². The molecule has 29 heavy (non-hydrogen) atoms. The summed E-state index contributed by atoms with van der Waals surface area (Å²) in [5.74, 6) is 0.101. The topological polar surface area (TPSA) is 45.7 Å². The molecule has 4 rings (SSSR count). The number of morpholine rings is 1. The third kappa shape index (κ3) is 4.83. The molecular weight excluding hydrogens is 382 g/mol. The van der Waals surface area contributed by atoms with E-state index >= 15 is 0 Å². The predicted molar refractivity (Wildman–Crippen MR) is 119 cm³/mol. The van der Waals surface area contributed by atoms with Crippen LogP contribution in [-0.4, -0.2) is 55.2 Å². The maximum Gasteiger partial charge on any atom is 0.233 e. The summed E-state index contributed by atoms with van der Waals surface area (Å²) in [7, 11) is 0. The van der Waals surface area contributed by atoms with Crippen LogP contribution < -0.4 is 4.90 Å². The summed E-state index contributed by atoms with van der Waals surface area (Å²) in [4.78, 5) is 22.3. The molecule has 6 heteroatoms. The minimum atomic E-state index is 0.101. The molecule has 0 atom stereocenters. The molecule has 152 valence electrons. The maximum atomic E-state index is 13.3. The highest BCUT2D eigenvalue weighted by Crippen LogP contribution is 2.29. The van der Waals surface area contributed by atoms with Crippen LogP contribution in [0.4, 0.5) is 5.13 Å². The standard InChI is InChI=1S/C23H27N3O2S/c1-17-7-8-19(18(2)15-17)16-22(27)26(10-9-25-11-13-28-14-12-25)23-24-20-5-3-4-6-21(20)29-23/h3-8,15H,9-14,16H2,1-2H3. The van der Waals surface area contributed by atoms with E-state index in [0.29, 0.717) is 13.0 Å². The van der Waals surface area contributed by atoms with E-state index in [4.69, 9.17) is 9.72 Å². The molecule has 1 amide bonds. The number of aryl methyl sites for hydroxylation is 2. The van der Waals surface area contributed by atoms with Crippen molar-refractivity contribution in [1.82, 2.24) is 9.88 Å². The van der Waals surface area contributed by atoms with Gasteiger partial charge >= 0.3 is 0 Å². The van der Waals surface area contributed by atoms with E-state index in [1.165, 1.54) is 5.56 Å². The molecule has 1 aromatic heterocycles. The predicted octanol–water partition coefficient (Wildman–Crippen LogP) is 3.82. The van der Waals surface area contributed by atoms with E-state index in [1.807, 2.05) is 23.1 Å². The lowest BCUT2D eigenvalue weighted by Gasteiger charge is -2.29. The first-order valence-electron chi connectivity index (χ1n) is 10.1. The monoisotopic (exact) mass is 409 g/mol. The van der Waals surface area contributed by atoms with Crippen molar-refractivity contribution in [2.45, 2.75) is 20.3 Å². The fraction of sp³-hybridized carbons (Fsp3) is 0.391. The van der Waals surface area contributed by atoms with Gasteiger partial charge in [0.05, 0.1) is 29.9 Å². The number of fused-ring (bicyclic) bond motifs is 1. The van der Waals surface area contributed by atoms with Gasteiger partial charge in [-0.3, -0.25) is 14.6 Å². The average Bonchev–Trinajstić information content (AvgIpc) is 3.15. The number of para-hydroxylation sites is 1. The molecule has 0 radical (unpaired) electrons. The van der Waals surface area contributed by atoms with Crippen LogP contribution in [0.3, 0.4) is 0 Å². The number of anilines is 1. The maximum absolute atomic E-state index is 13.3. The van der Waals surface area contributed by atoms with Crippen molar-refractivity contribution in [3.8, 4) is 0 Å². The van der Waals surface area contributed by atoms with Crippen LogP contribution in [0, 0.1) is 13.8 Å². The van der Waals surface area contributed by atoms with Crippen LogP contribution in [0.5, 0.6) is 0 Å². The number of hydrogen-bond donors (Lipinski definition) is 0. The number of carbonyl (C=O) groups excluding carboxylic acids is 1. The van der Waals surface area contributed by atoms with Crippen molar-refractivity contribution in [1.29, 1.82) is 0 Å². The first-order valence-corrected chi connectivity index (χ1v) is 10.9. The number of rotatable bonds is 6. The van der Waals surface area contributed by atoms with E-state index < -0.39 is 0 Å². The van der Waals surface area contributed by atoms with E-state index in [1.54, 1.807) is 11.3 Å². The van der Waals surface area contributed by atoms with Crippen LogP contribution in [0.15, 0.2) is 42.5 Å². The molecule has 1 fully saturated rings. The molecule has 2 heterocycles. The van der Waals surface area contributed by atoms with Gasteiger partial charge in [0.25, 0.3) is 0 Å². The number of carbonyl (C=O) groups is 1. The highest BCUT2D eigenvalue weighted by molar-refractivity contribution is 7.22. The normalized spacial score (nSPS) is 15.0. The number of aromatic nitrogens is 1. The Labute approximate surface area is 175 Å². The quantitative estimate of drug-likeness (QED) is 0.621. The molecule has 0 aliphatic carbocycles. The number of benzene rings is 2. The van der Waals surface area contributed by atoms with Gasteiger partial charge < -0.3 is 4.74 Å². The molecular formula is C23H27N3O2S. The Hall–Kier alpha value is -2.28. The molecule has 0 saturated carbocycles. The Morgan fingerprint density at radius 3 is 2.72 bits per heavy atom. The fourth-order valence-electron chi connectivity index (χ4n) is 3.67. The van der Waals surface area contributed by atoms with Crippen molar-refractivity contribution in [2.24, 2.45) is 0 Å². The van der Waals surface area contributed by atoms with Crippen LogP contribution >= 0.6 is 11.3 Å². The zero-order valence-electron chi connectivity index (χ0n) is 17.1. The lowest BCUT2D eigenvalue weighted by atomic mass is 10.0. The number of nitrogens with zero attached hydrogens (tertiary/aromatic N) is 3. The lowest BCUT2D eigenvalue weighted by Crippen LogP contribution is -2.43. The van der Waals surface area contributed by atoms with Crippen molar-refractivity contribution in [3.63, 3.8) is 0 Å². The molecule has 1 aliphatic heterocycles. The van der Waals surface area contributed by atoms with Gasteiger partial charge in [-0.15, -0.1) is 0 Å². The number of amides is 1. The van der Waals surface area contributed by atoms with Crippen LogP contribution in [0.25, 0.3) is 10.2 Å². The van der Waals surface area contributed by atoms with E-state index in [0.717, 1.165) is 59.3 Å². The Bertz CT molecular complexity index is 962. The SMILES string of the molecule is Cc1ccc(CC(=O)N(CCN2CCOCC2)c2nc3ccccc3s2)c(C)c1. The second-order valence-corrected chi connectivity index (χ2v) is 8.58. The molecule has 1 saturated heterocycles. The smallest absolute Gasteiger partial charge is 0.233 e. The largest absolute Gasteiger partial charge is 0.379 e. The second-order valence-electron chi connectivity index (χ2n) is 7.57. The Kier molecular flexibility index (Phi) is 6.23. The summed E-state index contributed by atoms with van der Waals surface area (Å²) in [5.41, 5.74) is 4.41. The first-order chi connectivity index (χ1) is 14.1. The fourth-order valence-corrected chi connectivity index (χ4v) is 4.68. The van der Waals surface area contributed by atoms with Gasteiger partial charge in [-0.2, -0.15) is 0 Å². The number of hydrogen-bond acceptors (Lipinski definition) is 5. The van der Waals surface area contributed by atoms with Gasteiger partial charge in [-0.05, 0) is 37.1 Å². The average molecular weight is 410 g/mol. The van der Waals surface area contributed by atoms with Crippen molar-refractivity contribution in [2.75, 3.05) is 44.3 Å². The van der Waals surface area contributed by atoms with E-state index in [-0.39, 0.29) is 5.91 Å². The second kappa shape index (κ2) is 9.03. The third-order valence-corrected chi connectivity index (χ3v) is 6.46. The first kappa shape index (κ1) is 20.0. The lowest BCUT2D eigenvalue weighted by molar-refractivity contribution is -0.118. The van der Waals surface area contributed by atoms with Crippen molar-refractivity contribution < 1.29 is 9.53 Å². The molecule has 0 unspecified atom stereocenters. The van der Waals surface area contributed by atoms with Crippen molar-refractivity contribution in [3.05, 3.63) is 59.2 Å². The summed E-state index contributed by atoms with van der Waals surface area (Å²) in [6.45, 7) is 8.98. The third-order valence-electron chi connectivity index (χ3n) is 5.40. The van der Waals surface area contributed by atoms with E-state index in [2.05, 4.69) is 43.0 Å². The zero-order valence-corrected chi connectivity index (χ0v) is 17.9. The summed E-state index contributed by atoms with van der Waals surface area (Å²) in [6, 6.07) is 14.3. The molecule has 0 N–H and O–H groups in total. The summed E-state index contributed by atoms with van der Waals surface area (Å²) in [5, 5.41) is 0.786. The summed E-state index contributed by atoms with van der Waals surface area (Å²) < 4.78 is 6.56. The highest BCUT2D eigenvalue weighted by Gasteiger charge is 2.22. The minimum absolute atomic E-state index is 0.101. The minimum Gasteiger partial charge on any atom is -0.379 e. The summed E-state index contributed by atoms with van der Waals surface area (Å²) >= 11 is 1.59. The Morgan fingerprint density at radius 1 is 1.17 bits per heavy atom. The molecule has 2 aromatic carbocycles. The Morgan fingerprint density at radius 2 is 1.97 bits per heavy atom. The van der Waals surface area contributed by atoms with Gasteiger partial charge in [-0.25, -0.2) is 4.98 Å². The zero-order chi connectivity index (χ0) is 20.2. The number of thiazole rings is 1. The van der Waals surface area contributed by atoms with Gasteiger partial charge in [0, 0.05) is 26.2 Å². The Balaban J connectivity index is 1.56. The highest BCUT2D eigenvalue weighted by atomic mass is 32.1. The molecule has 3 aromatic rings. The number of ether oxygens (including phenoxy) is 1.